The standard InChI is InChI=1S/C10H20N4/c1-8(5-4-6-9(2)11)10-13-12-7-14(10)3/h7-9H,4-6,11H2,1-3H3. The Kier molecular flexibility index (Phi) is 4.07. The molecule has 4 nitrogen and oxygen atoms in total. The monoisotopic (exact) mass is 196 g/mol. The summed E-state index contributed by atoms with van der Waals surface area (Å²) in [7, 11) is 1.98. The molecule has 0 fully saturated rings. The van der Waals surface area contributed by atoms with Crippen molar-refractivity contribution in [1.82, 2.24) is 14.8 Å². The molecule has 1 aromatic rings. The number of hydrogen-bond acceptors (Lipinski definition) is 3. The van der Waals surface area contributed by atoms with Gasteiger partial charge in [0, 0.05) is 19.0 Å². The minimum Gasteiger partial charge on any atom is -0.328 e. The van der Waals surface area contributed by atoms with E-state index in [-0.39, 0.29) is 0 Å². The zero-order valence-corrected chi connectivity index (χ0v) is 9.27. The third-order valence-corrected chi connectivity index (χ3v) is 2.48. The van der Waals surface area contributed by atoms with Crippen LogP contribution in [0.1, 0.15) is 44.9 Å². The molecule has 80 valence electrons. The van der Waals surface area contributed by atoms with Crippen molar-refractivity contribution < 1.29 is 0 Å². The van der Waals surface area contributed by atoms with Crippen molar-refractivity contribution in [2.75, 3.05) is 0 Å². The van der Waals surface area contributed by atoms with Crippen LogP contribution in [0.3, 0.4) is 0 Å². The van der Waals surface area contributed by atoms with E-state index in [1.165, 1.54) is 0 Å². The number of hydrogen-bond donors (Lipinski definition) is 1. The molecule has 0 saturated carbocycles. The molecule has 2 N–H and O–H groups in total. The van der Waals surface area contributed by atoms with E-state index in [1.807, 2.05) is 18.5 Å². The summed E-state index contributed by atoms with van der Waals surface area (Å²) < 4.78 is 1.98. The molecule has 0 aliphatic carbocycles. The first-order chi connectivity index (χ1) is 6.61. The molecule has 0 spiro atoms. The molecule has 4 heteroatoms. The first kappa shape index (κ1) is 11.2. The van der Waals surface area contributed by atoms with Crippen LogP contribution in [0.2, 0.25) is 0 Å². The number of aromatic nitrogens is 3. The average molecular weight is 196 g/mol. The Hall–Kier alpha value is -0.900. The van der Waals surface area contributed by atoms with Crippen molar-refractivity contribution in [3.63, 3.8) is 0 Å². The topological polar surface area (TPSA) is 56.7 Å². The van der Waals surface area contributed by atoms with Crippen LogP contribution in [0.25, 0.3) is 0 Å². The summed E-state index contributed by atoms with van der Waals surface area (Å²) in [5.74, 6) is 1.54. The maximum absolute atomic E-state index is 5.69. The van der Waals surface area contributed by atoms with Gasteiger partial charge in [0.05, 0.1) is 0 Å². The number of aryl methyl sites for hydroxylation is 1. The molecule has 14 heavy (non-hydrogen) atoms. The predicted octanol–water partition coefficient (Wildman–Crippen LogP) is 1.44. The lowest BCUT2D eigenvalue weighted by molar-refractivity contribution is 0.533. The molecular weight excluding hydrogens is 176 g/mol. The zero-order chi connectivity index (χ0) is 10.6. The fourth-order valence-electron chi connectivity index (χ4n) is 1.61. The molecule has 0 amide bonds. The predicted molar refractivity (Wildman–Crippen MR) is 56.9 cm³/mol. The van der Waals surface area contributed by atoms with E-state index in [0.717, 1.165) is 25.1 Å². The highest BCUT2D eigenvalue weighted by atomic mass is 15.2. The first-order valence-corrected chi connectivity index (χ1v) is 5.20. The first-order valence-electron chi connectivity index (χ1n) is 5.20. The SMILES string of the molecule is CC(N)CCCC(C)c1nncn1C. The molecule has 0 aromatic carbocycles. The molecule has 2 atom stereocenters. The minimum atomic E-state index is 0.307. The number of rotatable bonds is 5. The van der Waals surface area contributed by atoms with E-state index in [4.69, 9.17) is 5.73 Å². The van der Waals surface area contributed by atoms with E-state index in [1.54, 1.807) is 6.33 Å². The summed E-state index contributed by atoms with van der Waals surface area (Å²) in [6.07, 6.45) is 5.12. The average Bonchev–Trinajstić information content (AvgIpc) is 2.50. The summed E-state index contributed by atoms with van der Waals surface area (Å²) in [6, 6.07) is 0.307. The van der Waals surface area contributed by atoms with Crippen LogP contribution in [0.5, 0.6) is 0 Å². The van der Waals surface area contributed by atoms with E-state index < -0.39 is 0 Å². The Labute approximate surface area is 85.5 Å². The molecule has 0 saturated heterocycles. The van der Waals surface area contributed by atoms with E-state index in [0.29, 0.717) is 12.0 Å². The Morgan fingerprint density at radius 2 is 2.14 bits per heavy atom. The molecule has 1 rings (SSSR count). The summed E-state index contributed by atoms with van der Waals surface area (Å²) in [5.41, 5.74) is 5.69. The third-order valence-electron chi connectivity index (χ3n) is 2.48. The second-order valence-corrected chi connectivity index (χ2v) is 4.11. The van der Waals surface area contributed by atoms with Gasteiger partial charge in [-0.25, -0.2) is 0 Å². The summed E-state index contributed by atoms with van der Waals surface area (Å²) in [5, 5.41) is 7.97. The fraction of sp³-hybridized carbons (Fsp3) is 0.800. The normalized spacial score (nSPS) is 15.4. The van der Waals surface area contributed by atoms with Crippen molar-refractivity contribution in [2.45, 2.75) is 45.1 Å². The zero-order valence-electron chi connectivity index (χ0n) is 9.27. The van der Waals surface area contributed by atoms with Crippen LogP contribution < -0.4 is 5.73 Å². The van der Waals surface area contributed by atoms with Crippen molar-refractivity contribution in [2.24, 2.45) is 12.8 Å². The Balaban J connectivity index is 2.36. The molecule has 0 radical (unpaired) electrons. The summed E-state index contributed by atoms with van der Waals surface area (Å²) in [6.45, 7) is 4.23. The van der Waals surface area contributed by atoms with Gasteiger partial charge in [0.25, 0.3) is 0 Å². The van der Waals surface area contributed by atoms with E-state index in [9.17, 15) is 0 Å². The Bertz CT molecular complexity index is 267. The summed E-state index contributed by atoms with van der Waals surface area (Å²) >= 11 is 0. The van der Waals surface area contributed by atoms with Crippen LogP contribution in [-0.4, -0.2) is 20.8 Å². The van der Waals surface area contributed by atoms with Crippen LogP contribution in [0, 0.1) is 0 Å². The quantitative estimate of drug-likeness (QED) is 0.775. The van der Waals surface area contributed by atoms with Gasteiger partial charge in [-0.15, -0.1) is 10.2 Å². The molecule has 0 aliphatic rings. The lowest BCUT2D eigenvalue weighted by Gasteiger charge is -2.11. The highest BCUT2D eigenvalue weighted by molar-refractivity contribution is 4.93. The molecule has 0 bridgehead atoms. The van der Waals surface area contributed by atoms with Gasteiger partial charge in [0.15, 0.2) is 0 Å². The van der Waals surface area contributed by atoms with Gasteiger partial charge in [0.1, 0.15) is 12.2 Å². The minimum absolute atomic E-state index is 0.307. The van der Waals surface area contributed by atoms with Gasteiger partial charge in [-0.05, 0) is 19.8 Å². The van der Waals surface area contributed by atoms with Crippen LogP contribution in [0.4, 0.5) is 0 Å². The molecular formula is C10H20N4. The molecule has 1 heterocycles. The Morgan fingerprint density at radius 1 is 1.43 bits per heavy atom. The maximum atomic E-state index is 5.69. The molecule has 2 unspecified atom stereocenters. The lowest BCUT2D eigenvalue weighted by atomic mass is 10.0. The largest absolute Gasteiger partial charge is 0.328 e. The van der Waals surface area contributed by atoms with Crippen LogP contribution in [-0.2, 0) is 7.05 Å². The lowest BCUT2D eigenvalue weighted by Crippen LogP contribution is -2.14. The van der Waals surface area contributed by atoms with Gasteiger partial charge >= 0.3 is 0 Å². The fourth-order valence-corrected chi connectivity index (χ4v) is 1.61. The van der Waals surface area contributed by atoms with Gasteiger partial charge in [-0.1, -0.05) is 13.3 Å². The second kappa shape index (κ2) is 5.10. The highest BCUT2D eigenvalue weighted by Crippen LogP contribution is 2.18. The van der Waals surface area contributed by atoms with Gasteiger partial charge in [-0.3, -0.25) is 0 Å². The highest BCUT2D eigenvalue weighted by Gasteiger charge is 2.10. The van der Waals surface area contributed by atoms with Crippen molar-refractivity contribution in [3.05, 3.63) is 12.2 Å². The van der Waals surface area contributed by atoms with Gasteiger partial charge in [-0.2, -0.15) is 0 Å². The van der Waals surface area contributed by atoms with Crippen molar-refractivity contribution in [3.8, 4) is 0 Å². The Morgan fingerprint density at radius 3 is 2.64 bits per heavy atom. The third kappa shape index (κ3) is 3.10. The molecule has 0 aliphatic heterocycles. The van der Waals surface area contributed by atoms with Crippen LogP contribution >= 0.6 is 0 Å². The number of nitrogens with two attached hydrogens (primary N) is 1. The smallest absolute Gasteiger partial charge is 0.135 e. The number of nitrogens with zero attached hydrogens (tertiary/aromatic N) is 3. The van der Waals surface area contributed by atoms with Crippen LogP contribution in [0.15, 0.2) is 6.33 Å². The maximum Gasteiger partial charge on any atom is 0.135 e. The van der Waals surface area contributed by atoms with Gasteiger partial charge in [0.2, 0.25) is 0 Å². The summed E-state index contributed by atoms with van der Waals surface area (Å²) in [4.78, 5) is 0. The molecule has 1 aromatic heterocycles. The van der Waals surface area contributed by atoms with Gasteiger partial charge < -0.3 is 10.3 Å². The van der Waals surface area contributed by atoms with Crippen molar-refractivity contribution in [1.29, 1.82) is 0 Å². The van der Waals surface area contributed by atoms with E-state index in [2.05, 4.69) is 17.1 Å². The van der Waals surface area contributed by atoms with E-state index >= 15 is 0 Å². The van der Waals surface area contributed by atoms with Crippen molar-refractivity contribution >= 4 is 0 Å². The second-order valence-electron chi connectivity index (χ2n) is 4.11.